The summed E-state index contributed by atoms with van der Waals surface area (Å²) in [6, 6.07) is 21.5. The van der Waals surface area contributed by atoms with E-state index in [1.54, 1.807) is 48.5 Å². The van der Waals surface area contributed by atoms with E-state index >= 15 is 0 Å². The summed E-state index contributed by atoms with van der Waals surface area (Å²) in [6.45, 7) is 2.30. The summed E-state index contributed by atoms with van der Waals surface area (Å²) in [5, 5.41) is 3.22. The van der Waals surface area contributed by atoms with Gasteiger partial charge in [0.15, 0.2) is 5.78 Å². The van der Waals surface area contributed by atoms with Crippen molar-refractivity contribution in [2.75, 3.05) is 0 Å². The van der Waals surface area contributed by atoms with Crippen LogP contribution in [0.25, 0.3) is 10.9 Å². The maximum atomic E-state index is 13.3. The van der Waals surface area contributed by atoms with E-state index in [1.165, 1.54) is 4.57 Å². The van der Waals surface area contributed by atoms with Crippen LogP contribution in [0.3, 0.4) is 0 Å². The van der Waals surface area contributed by atoms with Crippen molar-refractivity contribution < 1.29 is 9.59 Å². The lowest BCUT2D eigenvalue weighted by molar-refractivity contribution is -0.121. The average Bonchev–Trinajstić information content (AvgIpc) is 2.88. The zero-order valence-electron chi connectivity index (χ0n) is 19.9. The van der Waals surface area contributed by atoms with E-state index in [2.05, 4.69) is 21.2 Å². The number of aromatic nitrogens is 2. The molecule has 4 rings (SSSR count). The summed E-state index contributed by atoms with van der Waals surface area (Å²) in [4.78, 5) is 51.6. The topological polar surface area (TPSA) is 90.2 Å². The SMILES string of the molecule is Cc1ccc(CNC(=O)CCCn2c(=O)c3ccccc3n(CC(=O)c3ccc(Br)cc3)c2=O)cc1. The van der Waals surface area contributed by atoms with Gasteiger partial charge in [-0.05, 0) is 43.2 Å². The monoisotopic (exact) mass is 547 g/mol. The van der Waals surface area contributed by atoms with Gasteiger partial charge in [0.25, 0.3) is 5.56 Å². The van der Waals surface area contributed by atoms with E-state index < -0.39 is 11.2 Å². The van der Waals surface area contributed by atoms with Gasteiger partial charge in [0.1, 0.15) is 0 Å². The van der Waals surface area contributed by atoms with Crippen LogP contribution in [0.5, 0.6) is 0 Å². The molecule has 36 heavy (non-hydrogen) atoms. The van der Waals surface area contributed by atoms with Crippen LogP contribution < -0.4 is 16.6 Å². The van der Waals surface area contributed by atoms with E-state index in [0.717, 1.165) is 20.2 Å². The van der Waals surface area contributed by atoms with Crippen LogP contribution in [0.15, 0.2) is 86.9 Å². The van der Waals surface area contributed by atoms with Crippen molar-refractivity contribution in [2.45, 2.75) is 39.4 Å². The molecule has 8 heteroatoms. The Balaban J connectivity index is 1.50. The second kappa shape index (κ2) is 11.3. The van der Waals surface area contributed by atoms with E-state index in [-0.39, 0.29) is 31.2 Å². The molecule has 1 aromatic heterocycles. The second-order valence-electron chi connectivity index (χ2n) is 8.64. The third-order valence-corrected chi connectivity index (χ3v) is 6.52. The van der Waals surface area contributed by atoms with Gasteiger partial charge < -0.3 is 5.32 Å². The van der Waals surface area contributed by atoms with Crippen LogP contribution in [0.4, 0.5) is 0 Å². The van der Waals surface area contributed by atoms with Crippen molar-refractivity contribution >= 4 is 38.5 Å². The van der Waals surface area contributed by atoms with Crippen molar-refractivity contribution in [3.05, 3.63) is 115 Å². The number of nitrogens with zero attached hydrogens (tertiary/aromatic N) is 2. The van der Waals surface area contributed by atoms with E-state index in [4.69, 9.17) is 0 Å². The number of fused-ring (bicyclic) bond motifs is 1. The van der Waals surface area contributed by atoms with Crippen molar-refractivity contribution in [1.29, 1.82) is 0 Å². The number of nitrogens with one attached hydrogen (secondary N) is 1. The number of carbonyl (C=O) groups is 2. The predicted octanol–water partition coefficient (Wildman–Crippen LogP) is 4.21. The third kappa shape index (κ3) is 5.88. The first-order valence-electron chi connectivity index (χ1n) is 11.7. The lowest BCUT2D eigenvalue weighted by Crippen LogP contribution is -2.41. The van der Waals surface area contributed by atoms with Gasteiger partial charge in [0.05, 0.1) is 17.4 Å². The largest absolute Gasteiger partial charge is 0.352 e. The first-order chi connectivity index (χ1) is 17.3. The molecule has 0 saturated carbocycles. The minimum atomic E-state index is -0.566. The van der Waals surface area contributed by atoms with Gasteiger partial charge in [-0.2, -0.15) is 0 Å². The summed E-state index contributed by atoms with van der Waals surface area (Å²) in [6.07, 6.45) is 0.482. The fraction of sp³-hybridized carbons (Fsp3) is 0.214. The molecule has 0 aliphatic rings. The Morgan fingerprint density at radius 1 is 0.889 bits per heavy atom. The Hall–Kier alpha value is -3.78. The smallest absolute Gasteiger partial charge is 0.331 e. The molecular formula is C28H26BrN3O4. The molecule has 0 unspecified atom stereocenters. The number of hydrogen-bond donors (Lipinski definition) is 1. The van der Waals surface area contributed by atoms with E-state index in [9.17, 15) is 19.2 Å². The van der Waals surface area contributed by atoms with Crippen molar-refractivity contribution in [2.24, 2.45) is 0 Å². The highest BCUT2D eigenvalue weighted by Gasteiger charge is 2.16. The average molecular weight is 548 g/mol. The molecule has 0 aliphatic carbocycles. The predicted molar refractivity (Wildman–Crippen MR) is 143 cm³/mol. The van der Waals surface area contributed by atoms with Gasteiger partial charge in [0.2, 0.25) is 5.91 Å². The molecule has 0 saturated heterocycles. The van der Waals surface area contributed by atoms with Gasteiger partial charge >= 0.3 is 5.69 Å². The minimum absolute atomic E-state index is 0.0763. The zero-order valence-corrected chi connectivity index (χ0v) is 21.5. The molecule has 0 spiro atoms. The van der Waals surface area contributed by atoms with Gasteiger partial charge in [0, 0.05) is 29.5 Å². The standard InChI is InChI=1S/C28H26BrN3O4/c1-19-8-10-20(11-9-19)17-30-26(34)7-4-16-31-27(35)23-5-2-3-6-24(23)32(28(31)36)18-25(33)21-12-14-22(29)15-13-21/h2-3,5-6,8-15H,4,7,16-18H2,1H3,(H,30,34). The second-order valence-corrected chi connectivity index (χ2v) is 9.55. The number of rotatable bonds is 9. The molecule has 7 nitrogen and oxygen atoms in total. The van der Waals surface area contributed by atoms with Crippen LogP contribution in [0, 0.1) is 6.92 Å². The molecule has 1 amide bonds. The van der Waals surface area contributed by atoms with Crippen molar-refractivity contribution in [1.82, 2.24) is 14.5 Å². The normalized spacial score (nSPS) is 10.9. The fourth-order valence-corrected chi connectivity index (χ4v) is 4.25. The summed E-state index contributed by atoms with van der Waals surface area (Å²) in [5.74, 6) is -0.398. The molecule has 184 valence electrons. The molecule has 1 heterocycles. The quantitative estimate of drug-likeness (QED) is 0.318. The summed E-state index contributed by atoms with van der Waals surface area (Å²) >= 11 is 3.35. The number of carbonyl (C=O) groups excluding carboxylic acids is 2. The maximum absolute atomic E-state index is 13.3. The highest BCUT2D eigenvalue weighted by molar-refractivity contribution is 9.10. The first-order valence-corrected chi connectivity index (χ1v) is 12.5. The van der Waals surface area contributed by atoms with E-state index in [0.29, 0.717) is 29.4 Å². The molecular weight excluding hydrogens is 522 g/mol. The third-order valence-electron chi connectivity index (χ3n) is 6.00. The number of ketones is 1. The Bertz CT molecular complexity index is 1520. The Labute approximate surface area is 216 Å². The Kier molecular flexibility index (Phi) is 7.95. The zero-order chi connectivity index (χ0) is 25.7. The number of halogens is 1. The number of para-hydroxylation sites is 1. The van der Waals surface area contributed by atoms with Crippen LogP contribution in [-0.2, 0) is 24.4 Å². The molecule has 1 N–H and O–H groups in total. The molecule has 0 atom stereocenters. The van der Waals surface area contributed by atoms with Gasteiger partial charge in [-0.15, -0.1) is 0 Å². The van der Waals surface area contributed by atoms with Crippen LogP contribution >= 0.6 is 15.9 Å². The number of Topliss-reactive ketones (excluding diaryl/α,β-unsaturated/α-hetero) is 1. The fourth-order valence-electron chi connectivity index (χ4n) is 3.98. The highest BCUT2D eigenvalue weighted by atomic mass is 79.9. The maximum Gasteiger partial charge on any atom is 0.331 e. The first kappa shape index (κ1) is 25.3. The molecule has 0 fully saturated rings. The van der Waals surface area contributed by atoms with Gasteiger partial charge in [-0.25, -0.2) is 4.79 Å². The van der Waals surface area contributed by atoms with Crippen molar-refractivity contribution in [3.63, 3.8) is 0 Å². The highest BCUT2D eigenvalue weighted by Crippen LogP contribution is 2.13. The Morgan fingerprint density at radius 2 is 1.58 bits per heavy atom. The number of amides is 1. The summed E-state index contributed by atoms with van der Waals surface area (Å²) in [5.41, 5.74) is 2.03. The summed E-state index contributed by atoms with van der Waals surface area (Å²) in [7, 11) is 0. The Morgan fingerprint density at radius 3 is 2.31 bits per heavy atom. The minimum Gasteiger partial charge on any atom is -0.352 e. The van der Waals surface area contributed by atoms with Gasteiger partial charge in [-0.1, -0.05) is 70.0 Å². The van der Waals surface area contributed by atoms with Crippen LogP contribution in [-0.4, -0.2) is 20.8 Å². The van der Waals surface area contributed by atoms with Crippen LogP contribution in [0.1, 0.15) is 34.3 Å². The van der Waals surface area contributed by atoms with E-state index in [1.807, 2.05) is 31.2 Å². The molecule has 3 aromatic carbocycles. The van der Waals surface area contributed by atoms with Crippen molar-refractivity contribution in [3.8, 4) is 0 Å². The lowest BCUT2D eigenvalue weighted by atomic mass is 10.1. The molecule has 0 aliphatic heterocycles. The lowest BCUT2D eigenvalue weighted by Gasteiger charge is -2.14. The number of aryl methyl sites for hydroxylation is 1. The van der Waals surface area contributed by atoms with Gasteiger partial charge in [-0.3, -0.25) is 23.5 Å². The molecule has 4 aromatic rings. The summed E-state index contributed by atoms with van der Waals surface area (Å²) < 4.78 is 3.29. The molecule has 0 radical (unpaired) electrons. The molecule has 0 bridgehead atoms. The number of benzene rings is 3. The van der Waals surface area contributed by atoms with Crippen LogP contribution in [0.2, 0.25) is 0 Å². The number of hydrogen-bond acceptors (Lipinski definition) is 4.